The van der Waals surface area contributed by atoms with Gasteiger partial charge >= 0.3 is 6.09 Å². The fraction of sp³-hybridized carbons (Fsp3) is 0.414. The molecule has 206 valence electrons. The maximum absolute atomic E-state index is 12.5. The molecule has 0 radical (unpaired) electrons. The van der Waals surface area contributed by atoms with E-state index >= 15 is 0 Å². The highest BCUT2D eigenvalue weighted by atomic mass is 32.2. The lowest BCUT2D eigenvalue weighted by atomic mass is 9.90. The van der Waals surface area contributed by atoms with E-state index in [9.17, 15) is 13.2 Å². The van der Waals surface area contributed by atoms with Crippen LogP contribution in [0, 0.1) is 6.92 Å². The number of carbonyl (C=O) groups is 1. The molecule has 0 saturated heterocycles. The van der Waals surface area contributed by atoms with Crippen molar-refractivity contribution in [2.45, 2.75) is 63.6 Å². The molecule has 1 aromatic heterocycles. The van der Waals surface area contributed by atoms with Gasteiger partial charge in [0.05, 0.1) is 22.3 Å². The first-order valence-electron chi connectivity index (χ1n) is 13.2. The number of aromatic nitrogens is 3. The van der Waals surface area contributed by atoms with Crippen molar-refractivity contribution in [1.82, 2.24) is 19.9 Å². The molecule has 10 heteroatoms. The summed E-state index contributed by atoms with van der Waals surface area (Å²) >= 11 is 0. The zero-order valence-electron chi connectivity index (χ0n) is 23.1. The van der Waals surface area contributed by atoms with Gasteiger partial charge in [-0.1, -0.05) is 29.5 Å². The Bertz CT molecular complexity index is 1550. The van der Waals surface area contributed by atoms with Crippen LogP contribution < -0.4 is 5.32 Å². The zero-order valence-corrected chi connectivity index (χ0v) is 23.9. The standard InChI is InChI=1S/C29H35N5O4S/c1-19-27-24-10-9-21(20-11-14-33(15-12-20)28(35)38-29(2,3)4)17-25(24)26(13-16-34(27)32-31-19)30-22-7-6-8-23(18-22)39(5,36)37/h6-11,17-18,26,30H,12-16H2,1-5H3. The maximum atomic E-state index is 12.5. The van der Waals surface area contributed by atoms with Crippen molar-refractivity contribution in [3.8, 4) is 11.3 Å². The van der Waals surface area contributed by atoms with Gasteiger partial charge < -0.3 is 15.0 Å². The summed E-state index contributed by atoms with van der Waals surface area (Å²) in [4.78, 5) is 14.5. The number of carbonyl (C=O) groups excluding carboxylic acids is 1. The summed E-state index contributed by atoms with van der Waals surface area (Å²) in [6.07, 6.45) is 4.50. The third kappa shape index (κ3) is 5.85. The average Bonchev–Trinajstić information content (AvgIpc) is 3.17. The lowest BCUT2D eigenvalue weighted by Gasteiger charge is -2.30. The van der Waals surface area contributed by atoms with Crippen molar-refractivity contribution in [3.05, 3.63) is 65.4 Å². The molecule has 0 saturated carbocycles. The van der Waals surface area contributed by atoms with Gasteiger partial charge in [-0.25, -0.2) is 17.9 Å². The Balaban J connectivity index is 1.48. The average molecular weight is 550 g/mol. The molecule has 0 spiro atoms. The van der Waals surface area contributed by atoms with E-state index in [0.29, 0.717) is 19.6 Å². The highest BCUT2D eigenvalue weighted by Crippen LogP contribution is 2.39. The van der Waals surface area contributed by atoms with Crippen molar-refractivity contribution in [3.63, 3.8) is 0 Å². The van der Waals surface area contributed by atoms with E-state index in [-0.39, 0.29) is 17.0 Å². The van der Waals surface area contributed by atoms with Crippen LogP contribution in [0.4, 0.5) is 10.5 Å². The molecule has 2 aromatic carbocycles. The molecule has 1 atom stereocenters. The van der Waals surface area contributed by atoms with E-state index in [1.165, 1.54) is 11.8 Å². The predicted molar refractivity (Wildman–Crippen MR) is 151 cm³/mol. The minimum Gasteiger partial charge on any atom is -0.444 e. The number of sulfone groups is 1. The molecule has 1 amide bonds. The van der Waals surface area contributed by atoms with Crippen LogP contribution in [0.3, 0.4) is 0 Å². The Morgan fingerprint density at radius 2 is 1.92 bits per heavy atom. The largest absolute Gasteiger partial charge is 0.444 e. The quantitative estimate of drug-likeness (QED) is 0.474. The summed E-state index contributed by atoms with van der Waals surface area (Å²) in [6.45, 7) is 9.35. The number of nitrogens with one attached hydrogen (secondary N) is 1. The first-order valence-corrected chi connectivity index (χ1v) is 15.1. The molecule has 1 unspecified atom stereocenters. The number of rotatable bonds is 4. The molecule has 39 heavy (non-hydrogen) atoms. The van der Waals surface area contributed by atoms with Gasteiger partial charge in [0.2, 0.25) is 0 Å². The van der Waals surface area contributed by atoms with Gasteiger partial charge in [0.1, 0.15) is 5.60 Å². The monoisotopic (exact) mass is 549 g/mol. The van der Waals surface area contributed by atoms with E-state index in [0.717, 1.165) is 46.6 Å². The molecule has 9 nitrogen and oxygen atoms in total. The van der Waals surface area contributed by atoms with Crippen LogP contribution in [0.1, 0.15) is 56.5 Å². The van der Waals surface area contributed by atoms with Crippen LogP contribution in [-0.4, -0.2) is 59.4 Å². The molecule has 3 heterocycles. The van der Waals surface area contributed by atoms with Crippen LogP contribution in [0.25, 0.3) is 16.8 Å². The summed E-state index contributed by atoms with van der Waals surface area (Å²) in [5, 5.41) is 12.3. The first-order chi connectivity index (χ1) is 18.4. The van der Waals surface area contributed by atoms with Crippen LogP contribution >= 0.6 is 0 Å². The normalized spacial score (nSPS) is 17.5. The molecule has 3 aromatic rings. The number of aryl methyl sites for hydroxylation is 2. The molecular formula is C29H35N5O4S. The number of amides is 1. The second kappa shape index (κ2) is 10.1. The molecule has 2 aliphatic rings. The highest BCUT2D eigenvalue weighted by molar-refractivity contribution is 7.90. The van der Waals surface area contributed by atoms with Gasteiger partial charge in [0, 0.05) is 37.1 Å². The minimum absolute atomic E-state index is 0.0710. The number of nitrogens with zero attached hydrogens (tertiary/aromatic N) is 4. The Morgan fingerprint density at radius 1 is 1.13 bits per heavy atom. The topological polar surface area (TPSA) is 106 Å². The molecule has 2 aliphatic heterocycles. The lowest BCUT2D eigenvalue weighted by molar-refractivity contribution is 0.0270. The fourth-order valence-corrected chi connectivity index (χ4v) is 5.82. The zero-order chi connectivity index (χ0) is 27.9. The van der Waals surface area contributed by atoms with Gasteiger partial charge in [-0.05, 0) is 81.5 Å². The van der Waals surface area contributed by atoms with Crippen LogP contribution in [0.2, 0.25) is 0 Å². The van der Waals surface area contributed by atoms with E-state index < -0.39 is 15.4 Å². The van der Waals surface area contributed by atoms with Crippen LogP contribution in [-0.2, 0) is 21.1 Å². The third-order valence-electron chi connectivity index (χ3n) is 7.05. The number of benzene rings is 2. The number of ether oxygens (including phenoxy) is 1. The van der Waals surface area contributed by atoms with E-state index in [4.69, 9.17) is 4.74 Å². The maximum Gasteiger partial charge on any atom is 0.410 e. The lowest BCUT2D eigenvalue weighted by Crippen LogP contribution is -2.39. The van der Waals surface area contributed by atoms with Gasteiger partial charge in [0.25, 0.3) is 0 Å². The van der Waals surface area contributed by atoms with Crippen molar-refractivity contribution in [2.75, 3.05) is 24.7 Å². The van der Waals surface area contributed by atoms with E-state index in [1.54, 1.807) is 23.1 Å². The number of anilines is 1. The molecule has 5 rings (SSSR count). The Hall–Kier alpha value is -3.66. The van der Waals surface area contributed by atoms with E-state index in [2.05, 4.69) is 39.9 Å². The van der Waals surface area contributed by atoms with Gasteiger partial charge in [-0.2, -0.15) is 0 Å². The Morgan fingerprint density at radius 3 is 2.62 bits per heavy atom. The first kappa shape index (κ1) is 26.9. The smallest absolute Gasteiger partial charge is 0.410 e. The highest BCUT2D eigenvalue weighted by Gasteiger charge is 2.28. The summed E-state index contributed by atoms with van der Waals surface area (Å²) < 4.78 is 31.8. The van der Waals surface area contributed by atoms with Crippen molar-refractivity contribution in [1.29, 1.82) is 0 Å². The third-order valence-corrected chi connectivity index (χ3v) is 8.16. The SMILES string of the molecule is Cc1nnn2c1-c1ccc(C3=CCN(C(=O)OC(C)(C)C)CC3)cc1C(Nc1cccc(S(C)(=O)=O)c1)CC2. The summed E-state index contributed by atoms with van der Waals surface area (Å²) in [5.74, 6) is 0. The van der Waals surface area contributed by atoms with Crippen molar-refractivity contribution >= 4 is 27.2 Å². The fourth-order valence-electron chi connectivity index (χ4n) is 5.15. The van der Waals surface area contributed by atoms with E-state index in [1.807, 2.05) is 38.4 Å². The Kier molecular flexibility index (Phi) is 7.00. The molecular weight excluding hydrogens is 514 g/mol. The second-order valence-corrected chi connectivity index (χ2v) is 13.3. The van der Waals surface area contributed by atoms with Crippen molar-refractivity contribution in [2.24, 2.45) is 0 Å². The van der Waals surface area contributed by atoms with Gasteiger partial charge in [-0.15, -0.1) is 5.10 Å². The number of fused-ring (bicyclic) bond motifs is 3. The van der Waals surface area contributed by atoms with Crippen LogP contribution in [0.15, 0.2) is 53.4 Å². The van der Waals surface area contributed by atoms with Crippen LogP contribution in [0.5, 0.6) is 0 Å². The minimum atomic E-state index is -3.32. The van der Waals surface area contributed by atoms with Crippen molar-refractivity contribution < 1.29 is 17.9 Å². The summed E-state index contributed by atoms with van der Waals surface area (Å²) in [7, 11) is -3.32. The summed E-state index contributed by atoms with van der Waals surface area (Å²) in [6, 6.07) is 13.3. The second-order valence-electron chi connectivity index (χ2n) is 11.2. The van der Waals surface area contributed by atoms with Gasteiger partial charge in [0.15, 0.2) is 9.84 Å². The number of hydrogen-bond donors (Lipinski definition) is 1. The number of hydrogen-bond acceptors (Lipinski definition) is 7. The molecule has 0 fully saturated rings. The molecule has 0 bridgehead atoms. The predicted octanol–water partition coefficient (Wildman–Crippen LogP) is 5.24. The molecule has 1 N–H and O–H groups in total. The van der Waals surface area contributed by atoms with Gasteiger partial charge in [-0.3, -0.25) is 0 Å². The summed E-state index contributed by atoms with van der Waals surface area (Å²) in [5.41, 5.74) is 6.54. The molecule has 0 aliphatic carbocycles. The Labute approximate surface area is 229 Å².